The molecule has 2 aromatic rings. The Bertz CT molecular complexity index is 906. The third kappa shape index (κ3) is 3.11. The summed E-state index contributed by atoms with van der Waals surface area (Å²) in [7, 11) is 4.53. The molecule has 0 aliphatic carbocycles. The lowest BCUT2D eigenvalue weighted by molar-refractivity contribution is -0.135. The van der Waals surface area contributed by atoms with E-state index in [9.17, 15) is 9.59 Å². The molecule has 0 spiro atoms. The Morgan fingerprint density at radius 3 is 2.23 bits per heavy atom. The smallest absolute Gasteiger partial charge is 0.277 e. The van der Waals surface area contributed by atoms with Crippen molar-refractivity contribution >= 4 is 34.7 Å². The van der Waals surface area contributed by atoms with Gasteiger partial charge in [0.2, 0.25) is 0 Å². The number of hydrogen-bond acceptors (Lipinski definition) is 5. The van der Waals surface area contributed by atoms with Crippen LogP contribution in [0, 0.1) is 0 Å². The van der Waals surface area contributed by atoms with E-state index >= 15 is 0 Å². The van der Waals surface area contributed by atoms with E-state index in [0.29, 0.717) is 33.3 Å². The molecule has 26 heavy (non-hydrogen) atoms. The minimum atomic E-state index is -0.409. The average molecular weight is 373 g/mol. The molecule has 1 N–H and O–H groups in total. The van der Waals surface area contributed by atoms with E-state index in [1.807, 2.05) is 0 Å². The highest BCUT2D eigenvalue weighted by atomic mass is 35.5. The molecule has 0 saturated heterocycles. The van der Waals surface area contributed by atoms with Crippen molar-refractivity contribution < 1.29 is 19.1 Å². The summed E-state index contributed by atoms with van der Waals surface area (Å²) >= 11 is 6.14. The molecule has 0 unspecified atom stereocenters. The molecular formula is C19H17ClN2O4. The minimum absolute atomic E-state index is 0.198. The normalized spacial score (nSPS) is 14.1. The largest absolute Gasteiger partial charge is 0.497 e. The van der Waals surface area contributed by atoms with Gasteiger partial charge in [-0.2, -0.15) is 0 Å². The highest BCUT2D eigenvalue weighted by molar-refractivity contribution is 6.36. The number of rotatable bonds is 5. The van der Waals surface area contributed by atoms with Crippen molar-refractivity contribution in [1.82, 2.24) is 4.90 Å². The van der Waals surface area contributed by atoms with Crippen molar-refractivity contribution in [2.45, 2.75) is 0 Å². The number of nitrogens with zero attached hydrogens (tertiary/aromatic N) is 1. The lowest BCUT2D eigenvalue weighted by atomic mass is 10.0. The van der Waals surface area contributed by atoms with Crippen molar-refractivity contribution in [2.24, 2.45) is 0 Å². The van der Waals surface area contributed by atoms with Gasteiger partial charge in [-0.15, -0.1) is 0 Å². The first-order chi connectivity index (χ1) is 12.5. The number of halogens is 1. The third-order valence-electron chi connectivity index (χ3n) is 4.09. The number of nitrogens with one attached hydrogen (secondary N) is 1. The van der Waals surface area contributed by atoms with Crippen LogP contribution in [0.15, 0.2) is 48.2 Å². The number of ether oxygens (including phenoxy) is 2. The molecule has 6 nitrogen and oxygen atoms in total. The van der Waals surface area contributed by atoms with Gasteiger partial charge in [0.05, 0.1) is 24.8 Å². The summed E-state index contributed by atoms with van der Waals surface area (Å²) in [6.45, 7) is 0. The summed E-state index contributed by atoms with van der Waals surface area (Å²) in [6.07, 6.45) is 0. The predicted molar refractivity (Wildman–Crippen MR) is 99.3 cm³/mol. The van der Waals surface area contributed by atoms with E-state index in [0.717, 1.165) is 4.90 Å². The van der Waals surface area contributed by atoms with Gasteiger partial charge in [0.15, 0.2) is 0 Å². The first-order valence-corrected chi connectivity index (χ1v) is 8.15. The molecule has 3 rings (SSSR count). The number of hydrogen-bond donors (Lipinski definition) is 1. The second kappa shape index (κ2) is 7.09. The van der Waals surface area contributed by atoms with Crippen LogP contribution in [0.5, 0.6) is 11.5 Å². The van der Waals surface area contributed by atoms with Crippen molar-refractivity contribution in [3.8, 4) is 11.5 Å². The number of likely N-dealkylation sites (N-methyl/N-ethyl adjacent to an activating group) is 1. The molecule has 2 aromatic carbocycles. The number of imide groups is 1. The van der Waals surface area contributed by atoms with Crippen LogP contribution in [-0.2, 0) is 9.59 Å². The van der Waals surface area contributed by atoms with Gasteiger partial charge < -0.3 is 14.8 Å². The van der Waals surface area contributed by atoms with E-state index in [-0.39, 0.29) is 11.6 Å². The van der Waals surface area contributed by atoms with E-state index < -0.39 is 5.91 Å². The predicted octanol–water partition coefficient (Wildman–Crippen LogP) is 3.18. The Hall–Kier alpha value is -2.99. The molecular weight excluding hydrogens is 356 g/mol. The Labute approximate surface area is 156 Å². The second-order valence-electron chi connectivity index (χ2n) is 5.62. The van der Waals surface area contributed by atoms with Crippen molar-refractivity contribution in [3.05, 3.63) is 58.7 Å². The van der Waals surface area contributed by atoms with Crippen molar-refractivity contribution in [1.29, 1.82) is 0 Å². The van der Waals surface area contributed by atoms with Crippen LogP contribution in [0.2, 0.25) is 5.02 Å². The number of benzene rings is 2. The van der Waals surface area contributed by atoms with Crippen LogP contribution >= 0.6 is 11.6 Å². The fraction of sp³-hybridized carbons (Fsp3) is 0.158. The molecule has 1 heterocycles. The summed E-state index contributed by atoms with van der Waals surface area (Å²) < 4.78 is 10.3. The molecule has 0 saturated carbocycles. The van der Waals surface area contributed by atoms with E-state index in [2.05, 4.69) is 5.32 Å². The van der Waals surface area contributed by atoms with Gasteiger partial charge in [-0.25, -0.2) is 0 Å². The van der Waals surface area contributed by atoms with Crippen molar-refractivity contribution in [3.63, 3.8) is 0 Å². The van der Waals surface area contributed by atoms with Crippen LogP contribution in [0.3, 0.4) is 0 Å². The van der Waals surface area contributed by atoms with Crippen molar-refractivity contribution in [2.75, 3.05) is 26.6 Å². The number of carbonyl (C=O) groups is 2. The summed E-state index contributed by atoms with van der Waals surface area (Å²) in [5.74, 6) is 0.401. The van der Waals surface area contributed by atoms with Crippen LogP contribution in [0.25, 0.3) is 5.57 Å². The number of anilines is 1. The van der Waals surface area contributed by atoms with E-state index in [1.54, 1.807) is 49.6 Å². The fourth-order valence-corrected chi connectivity index (χ4v) is 2.93. The summed E-state index contributed by atoms with van der Waals surface area (Å²) in [6, 6.07) is 12.0. The molecule has 0 bridgehead atoms. The summed E-state index contributed by atoms with van der Waals surface area (Å²) in [4.78, 5) is 26.2. The van der Waals surface area contributed by atoms with E-state index in [4.69, 9.17) is 21.1 Å². The molecule has 0 radical (unpaired) electrons. The SMILES string of the molecule is COc1ccc(C2=C(Nc3ccc(OC)c(Cl)c3)C(=O)N(C)C2=O)cc1. The Balaban J connectivity index is 2.03. The maximum absolute atomic E-state index is 12.6. The molecule has 0 aromatic heterocycles. The van der Waals surface area contributed by atoms with Gasteiger partial charge in [0.1, 0.15) is 17.2 Å². The fourth-order valence-electron chi connectivity index (χ4n) is 2.67. The second-order valence-corrected chi connectivity index (χ2v) is 6.03. The minimum Gasteiger partial charge on any atom is -0.497 e. The zero-order valence-corrected chi connectivity index (χ0v) is 15.3. The molecule has 0 atom stereocenters. The van der Waals surface area contributed by atoms with Gasteiger partial charge in [-0.3, -0.25) is 14.5 Å². The van der Waals surface area contributed by atoms with Crippen LogP contribution < -0.4 is 14.8 Å². The standard InChI is InChI=1S/C19H17ClN2O4/c1-22-18(23)16(11-4-7-13(25-2)8-5-11)17(19(22)24)21-12-6-9-15(26-3)14(20)10-12/h4-10,21H,1-3H3. The van der Waals surface area contributed by atoms with Crippen LogP contribution in [0.1, 0.15) is 5.56 Å². The zero-order valence-electron chi connectivity index (χ0n) is 14.5. The van der Waals surface area contributed by atoms with Gasteiger partial charge in [0.25, 0.3) is 11.8 Å². The number of methoxy groups -OCH3 is 2. The highest BCUT2D eigenvalue weighted by Gasteiger charge is 2.36. The zero-order chi connectivity index (χ0) is 18.8. The lowest BCUT2D eigenvalue weighted by Crippen LogP contribution is -2.27. The van der Waals surface area contributed by atoms with Crippen LogP contribution in [-0.4, -0.2) is 38.0 Å². The molecule has 134 valence electrons. The average Bonchev–Trinajstić information content (AvgIpc) is 2.86. The molecule has 1 aliphatic rings. The highest BCUT2D eigenvalue weighted by Crippen LogP contribution is 2.32. The molecule has 7 heteroatoms. The summed E-state index contributed by atoms with van der Waals surface area (Å²) in [5.41, 5.74) is 1.69. The Kier molecular flexibility index (Phi) is 4.86. The van der Waals surface area contributed by atoms with Gasteiger partial charge in [-0.05, 0) is 35.9 Å². The van der Waals surface area contributed by atoms with Gasteiger partial charge in [-0.1, -0.05) is 23.7 Å². The van der Waals surface area contributed by atoms with Gasteiger partial charge >= 0.3 is 0 Å². The first kappa shape index (κ1) is 17.8. The first-order valence-electron chi connectivity index (χ1n) is 7.78. The maximum Gasteiger partial charge on any atom is 0.277 e. The van der Waals surface area contributed by atoms with E-state index in [1.165, 1.54) is 14.2 Å². The number of amides is 2. The Morgan fingerprint density at radius 1 is 0.962 bits per heavy atom. The number of carbonyl (C=O) groups excluding carboxylic acids is 2. The quantitative estimate of drug-likeness (QED) is 0.816. The van der Waals surface area contributed by atoms with Crippen LogP contribution in [0.4, 0.5) is 5.69 Å². The third-order valence-corrected chi connectivity index (χ3v) is 4.38. The topological polar surface area (TPSA) is 67.9 Å². The summed E-state index contributed by atoms with van der Waals surface area (Å²) in [5, 5.41) is 3.41. The molecule has 2 amide bonds. The molecule has 1 aliphatic heterocycles. The van der Waals surface area contributed by atoms with Gasteiger partial charge in [0, 0.05) is 12.7 Å². The lowest BCUT2D eigenvalue weighted by Gasteiger charge is -2.11. The monoisotopic (exact) mass is 372 g/mol. The Morgan fingerprint density at radius 2 is 1.65 bits per heavy atom. The molecule has 0 fully saturated rings. The maximum atomic E-state index is 12.6.